The Hall–Kier alpha value is -6.59. The molecule has 0 aliphatic carbocycles. The van der Waals surface area contributed by atoms with E-state index in [1.54, 1.807) is 0 Å². The van der Waals surface area contributed by atoms with Crippen molar-refractivity contribution in [2.24, 2.45) is 0 Å². The Morgan fingerprint density at radius 1 is 0.509 bits per heavy atom. The second-order valence-corrected chi connectivity index (χ2v) is 14.6. The number of aromatic nitrogens is 1. The number of pyridine rings is 1. The van der Waals surface area contributed by atoms with Crippen molar-refractivity contribution in [2.75, 3.05) is 21.4 Å². The normalized spacial score (nSPS) is 13.3. The third-order valence-corrected chi connectivity index (χ3v) is 10.1. The molecule has 258 valence electrons. The van der Waals surface area contributed by atoms with Crippen LogP contribution in [0.1, 0.15) is 26.3 Å². The first-order valence-corrected chi connectivity index (χ1v) is 18.1. The van der Waals surface area contributed by atoms with Crippen molar-refractivity contribution in [3.63, 3.8) is 0 Å². The Labute approximate surface area is 311 Å². The number of benzene rings is 6. The minimum absolute atomic E-state index is 0.0887. The van der Waals surface area contributed by atoms with E-state index >= 15 is 0 Å². The van der Waals surface area contributed by atoms with Gasteiger partial charge in [-0.3, -0.25) is 4.90 Å². The number of hydrogen-bond donors (Lipinski definition) is 0. The summed E-state index contributed by atoms with van der Waals surface area (Å²) in [5, 5.41) is 0. The lowest BCUT2D eigenvalue weighted by atomic mass is 9.86. The van der Waals surface area contributed by atoms with Gasteiger partial charge in [-0.1, -0.05) is 112 Å². The highest BCUT2D eigenvalue weighted by atomic mass is 16.5. The van der Waals surface area contributed by atoms with Crippen LogP contribution in [0.4, 0.5) is 28.6 Å². The second kappa shape index (κ2) is 13.2. The van der Waals surface area contributed by atoms with E-state index in [2.05, 4.69) is 181 Å². The Bertz CT molecular complexity index is 2450. The number of anilines is 5. The average molecular weight is 689 g/mol. The molecule has 1 aromatic heterocycles. The van der Waals surface area contributed by atoms with E-state index in [0.29, 0.717) is 0 Å². The predicted octanol–water partition coefficient (Wildman–Crippen LogP) is 12.7. The number of para-hydroxylation sites is 1. The van der Waals surface area contributed by atoms with Crippen molar-refractivity contribution in [1.82, 2.24) is 4.98 Å². The van der Waals surface area contributed by atoms with Gasteiger partial charge in [0.25, 0.3) is 0 Å². The van der Waals surface area contributed by atoms with E-state index in [4.69, 9.17) is 9.72 Å². The molecule has 6 aromatic carbocycles. The molecular formula is C48H40N4O. The summed E-state index contributed by atoms with van der Waals surface area (Å²) < 4.78 is 6.68. The number of rotatable bonds is 6. The van der Waals surface area contributed by atoms with Gasteiger partial charge in [0.15, 0.2) is 0 Å². The largest absolute Gasteiger partial charge is 0.457 e. The molecule has 0 bridgehead atoms. The lowest BCUT2D eigenvalue weighted by molar-refractivity contribution is 0.483. The summed E-state index contributed by atoms with van der Waals surface area (Å²) in [6.07, 6.45) is 6.09. The summed E-state index contributed by atoms with van der Waals surface area (Å²) in [6, 6.07) is 55.7. The molecule has 0 unspecified atom stereocenters. The van der Waals surface area contributed by atoms with Crippen molar-refractivity contribution in [2.45, 2.75) is 26.2 Å². The van der Waals surface area contributed by atoms with Gasteiger partial charge in [0, 0.05) is 53.2 Å². The van der Waals surface area contributed by atoms with Gasteiger partial charge in [-0.05, 0) is 87.8 Å². The zero-order chi connectivity index (χ0) is 35.9. The molecule has 0 N–H and O–H groups in total. The molecule has 3 heterocycles. The third kappa shape index (κ3) is 6.21. The van der Waals surface area contributed by atoms with Gasteiger partial charge in [0.1, 0.15) is 17.3 Å². The molecule has 0 saturated heterocycles. The fourth-order valence-corrected chi connectivity index (χ4v) is 7.33. The van der Waals surface area contributed by atoms with Gasteiger partial charge in [0.2, 0.25) is 0 Å². The van der Waals surface area contributed by atoms with Crippen LogP contribution in [0.5, 0.6) is 11.5 Å². The maximum Gasteiger partial charge on any atom is 0.137 e. The summed E-state index contributed by atoms with van der Waals surface area (Å²) in [5.74, 6) is 2.36. The van der Waals surface area contributed by atoms with E-state index in [0.717, 1.165) is 63.4 Å². The van der Waals surface area contributed by atoms with Gasteiger partial charge >= 0.3 is 0 Å². The lowest BCUT2D eigenvalue weighted by Gasteiger charge is -2.27. The SMILES string of the molecule is CC(C)(C)c1ccc(-c2ccc3c(c2)N(c2ccccn2)c2cc(Oc4cccc(N5C=CN(c6ccccc6)C5)c4)ccc2-c2ccccc2-3)cc1. The minimum Gasteiger partial charge on any atom is -0.457 e. The van der Waals surface area contributed by atoms with Gasteiger partial charge in [-0.25, -0.2) is 4.98 Å². The first-order chi connectivity index (χ1) is 25.9. The summed E-state index contributed by atoms with van der Waals surface area (Å²) in [7, 11) is 0. The number of nitrogens with zero attached hydrogens (tertiary/aromatic N) is 4. The molecule has 2 aliphatic rings. The number of hydrogen-bond acceptors (Lipinski definition) is 5. The molecule has 0 radical (unpaired) electrons. The van der Waals surface area contributed by atoms with E-state index in [1.165, 1.54) is 22.3 Å². The molecule has 9 rings (SSSR count). The van der Waals surface area contributed by atoms with Gasteiger partial charge < -0.3 is 14.5 Å². The van der Waals surface area contributed by atoms with Crippen molar-refractivity contribution in [3.05, 3.63) is 182 Å². The van der Waals surface area contributed by atoms with Crippen LogP contribution in [0, 0.1) is 0 Å². The first-order valence-electron chi connectivity index (χ1n) is 18.1. The zero-order valence-corrected chi connectivity index (χ0v) is 30.1. The second-order valence-electron chi connectivity index (χ2n) is 14.6. The van der Waals surface area contributed by atoms with Crippen molar-refractivity contribution in [1.29, 1.82) is 0 Å². The monoisotopic (exact) mass is 688 g/mol. The molecule has 0 amide bonds. The van der Waals surface area contributed by atoms with Gasteiger partial charge in [0.05, 0.1) is 18.0 Å². The molecule has 53 heavy (non-hydrogen) atoms. The fraction of sp³-hybridized carbons (Fsp3) is 0.104. The van der Waals surface area contributed by atoms with Crippen molar-refractivity contribution in [3.8, 4) is 44.9 Å². The van der Waals surface area contributed by atoms with Crippen LogP contribution in [0.25, 0.3) is 33.4 Å². The minimum atomic E-state index is 0.0887. The number of ether oxygens (including phenoxy) is 1. The molecule has 7 aromatic rings. The van der Waals surface area contributed by atoms with Crippen LogP contribution in [0.2, 0.25) is 0 Å². The highest BCUT2D eigenvalue weighted by Gasteiger charge is 2.28. The average Bonchev–Trinajstić information content (AvgIpc) is 3.66. The molecule has 2 aliphatic heterocycles. The Morgan fingerprint density at radius 2 is 1.13 bits per heavy atom. The van der Waals surface area contributed by atoms with Crippen LogP contribution in [0.15, 0.2) is 176 Å². The van der Waals surface area contributed by atoms with Gasteiger partial charge in [-0.15, -0.1) is 0 Å². The smallest absolute Gasteiger partial charge is 0.137 e. The molecule has 0 saturated carbocycles. The van der Waals surface area contributed by atoms with Crippen LogP contribution >= 0.6 is 0 Å². The quantitative estimate of drug-likeness (QED) is 0.174. The van der Waals surface area contributed by atoms with E-state index in [1.807, 2.05) is 30.5 Å². The van der Waals surface area contributed by atoms with E-state index < -0.39 is 0 Å². The zero-order valence-electron chi connectivity index (χ0n) is 30.1. The van der Waals surface area contributed by atoms with E-state index in [9.17, 15) is 0 Å². The predicted molar refractivity (Wildman–Crippen MR) is 219 cm³/mol. The maximum atomic E-state index is 6.68. The fourth-order valence-electron chi connectivity index (χ4n) is 7.33. The Balaban J connectivity index is 1.12. The molecule has 5 nitrogen and oxygen atoms in total. The summed E-state index contributed by atoms with van der Waals surface area (Å²) in [4.78, 5) is 11.7. The topological polar surface area (TPSA) is 31.8 Å². The highest BCUT2D eigenvalue weighted by molar-refractivity contribution is 6.03. The Kier molecular flexibility index (Phi) is 8.04. The summed E-state index contributed by atoms with van der Waals surface area (Å²) in [6.45, 7) is 7.49. The Morgan fingerprint density at radius 3 is 1.85 bits per heavy atom. The summed E-state index contributed by atoms with van der Waals surface area (Å²) >= 11 is 0. The summed E-state index contributed by atoms with van der Waals surface area (Å²) in [5.41, 5.74) is 12.6. The van der Waals surface area contributed by atoms with E-state index in [-0.39, 0.29) is 5.41 Å². The third-order valence-electron chi connectivity index (χ3n) is 10.1. The van der Waals surface area contributed by atoms with Crippen LogP contribution in [0.3, 0.4) is 0 Å². The van der Waals surface area contributed by atoms with Crippen LogP contribution in [-0.4, -0.2) is 11.7 Å². The number of fused-ring (bicyclic) bond motifs is 5. The highest BCUT2D eigenvalue weighted by Crippen LogP contribution is 2.52. The molecule has 0 spiro atoms. The van der Waals surface area contributed by atoms with Crippen molar-refractivity contribution < 1.29 is 4.74 Å². The molecule has 0 atom stereocenters. The molecule has 5 heteroatoms. The van der Waals surface area contributed by atoms with Gasteiger partial charge in [-0.2, -0.15) is 0 Å². The van der Waals surface area contributed by atoms with Crippen LogP contribution < -0.4 is 19.4 Å². The van der Waals surface area contributed by atoms with Crippen molar-refractivity contribution >= 4 is 28.6 Å². The van der Waals surface area contributed by atoms with Crippen LogP contribution in [-0.2, 0) is 5.41 Å². The first kappa shape index (κ1) is 32.3. The maximum absolute atomic E-state index is 6.68. The lowest BCUT2D eigenvalue weighted by Crippen LogP contribution is -2.24. The molecule has 0 fully saturated rings. The standard InChI is InChI=1S/C48H40N4O/c1-48(2,3)36-22-19-34(20-23-36)35-21-25-43-41-16-7-8-17-42(41)44-26-24-40(32-46(44)52(45(43)30-35)47-18-9-10-27-49-47)53-39-15-11-14-38(31-39)51-29-28-50(33-51)37-12-5-4-6-13-37/h4-32H,33H2,1-3H3. The molecular weight excluding hydrogens is 649 g/mol.